The molecule has 0 unspecified atom stereocenters. The van der Waals surface area contributed by atoms with Crippen LogP contribution in [0.1, 0.15) is 19.8 Å². The first kappa shape index (κ1) is 8.48. The van der Waals surface area contributed by atoms with Crippen LogP contribution >= 0.6 is 0 Å². The molecule has 0 amide bonds. The van der Waals surface area contributed by atoms with Crippen LogP contribution in [-0.4, -0.2) is 23.1 Å². The Kier molecular flexibility index (Phi) is 2.43. The quantitative estimate of drug-likeness (QED) is 0.649. The minimum absolute atomic E-state index is 0.858. The van der Waals surface area contributed by atoms with E-state index in [-0.39, 0.29) is 0 Å². The molecule has 0 spiro atoms. The van der Waals surface area contributed by atoms with Gasteiger partial charge in [-0.3, -0.25) is 4.98 Å². The summed E-state index contributed by atoms with van der Waals surface area (Å²) in [6.45, 7) is 4.52. The Morgan fingerprint density at radius 1 is 1.46 bits per heavy atom. The lowest BCUT2D eigenvalue weighted by molar-refractivity contribution is 0.436. The van der Waals surface area contributed by atoms with Crippen LogP contribution in [0.5, 0.6) is 0 Å². The molecule has 1 aliphatic rings. The first-order chi connectivity index (χ1) is 6.36. The van der Waals surface area contributed by atoms with E-state index in [0.29, 0.717) is 0 Å². The van der Waals surface area contributed by atoms with E-state index in [1.165, 1.54) is 12.8 Å². The van der Waals surface area contributed by atoms with Crippen LogP contribution in [0.3, 0.4) is 0 Å². The number of hydrogen-bond donors (Lipinski definition) is 0. The Bertz CT molecular complexity index is 252. The highest BCUT2D eigenvalue weighted by atomic mass is 15.2. The van der Waals surface area contributed by atoms with Crippen molar-refractivity contribution in [1.82, 2.24) is 9.97 Å². The van der Waals surface area contributed by atoms with Gasteiger partial charge in [-0.15, -0.1) is 0 Å². The smallest absolute Gasteiger partial charge is 0.147 e. The molecule has 1 aromatic heterocycles. The van der Waals surface area contributed by atoms with Gasteiger partial charge < -0.3 is 4.90 Å². The Hall–Kier alpha value is -1.12. The van der Waals surface area contributed by atoms with Crippen LogP contribution in [0, 0.1) is 12.1 Å². The Morgan fingerprint density at radius 3 is 2.85 bits per heavy atom. The molecule has 1 saturated heterocycles. The maximum atomic E-state index is 4.17. The number of aromatic nitrogens is 2. The summed E-state index contributed by atoms with van der Waals surface area (Å²) < 4.78 is 0. The van der Waals surface area contributed by atoms with E-state index < -0.39 is 0 Å². The fraction of sp³-hybridized carbons (Fsp3) is 0.600. The van der Waals surface area contributed by atoms with Crippen LogP contribution in [0.4, 0.5) is 5.82 Å². The third-order valence-corrected chi connectivity index (χ3v) is 2.61. The highest BCUT2D eigenvalue weighted by Crippen LogP contribution is 2.19. The summed E-state index contributed by atoms with van der Waals surface area (Å²) in [7, 11) is 0. The monoisotopic (exact) mass is 176 g/mol. The minimum Gasteiger partial charge on any atom is -0.355 e. The van der Waals surface area contributed by atoms with Crippen molar-refractivity contribution in [2.75, 3.05) is 18.0 Å². The molecule has 13 heavy (non-hydrogen) atoms. The Labute approximate surface area is 78.8 Å². The lowest BCUT2D eigenvalue weighted by atomic mass is 9.99. The highest BCUT2D eigenvalue weighted by Gasteiger charge is 2.16. The van der Waals surface area contributed by atoms with Crippen molar-refractivity contribution in [3.8, 4) is 0 Å². The van der Waals surface area contributed by atoms with Crippen molar-refractivity contribution < 1.29 is 0 Å². The van der Waals surface area contributed by atoms with Gasteiger partial charge in [0.1, 0.15) is 12.0 Å². The number of anilines is 1. The standard InChI is InChI=1S/C10H14N3/c1-9-2-6-13(7-3-9)10-8-11-4-5-12-10/h4,8-9H,2-3,6-7H2,1H3. The largest absolute Gasteiger partial charge is 0.355 e. The minimum atomic E-state index is 0.858. The molecule has 0 saturated carbocycles. The van der Waals surface area contributed by atoms with Gasteiger partial charge in [0, 0.05) is 13.1 Å². The van der Waals surface area contributed by atoms with Crippen molar-refractivity contribution in [2.45, 2.75) is 19.8 Å². The summed E-state index contributed by atoms with van der Waals surface area (Å²) in [5, 5.41) is 0. The fourth-order valence-corrected chi connectivity index (χ4v) is 1.65. The van der Waals surface area contributed by atoms with Crippen LogP contribution in [0.25, 0.3) is 0 Å². The second kappa shape index (κ2) is 3.73. The summed E-state index contributed by atoms with van der Waals surface area (Å²) >= 11 is 0. The maximum Gasteiger partial charge on any atom is 0.147 e. The van der Waals surface area contributed by atoms with Gasteiger partial charge in [0.2, 0.25) is 0 Å². The third kappa shape index (κ3) is 1.97. The zero-order valence-corrected chi connectivity index (χ0v) is 7.90. The zero-order chi connectivity index (χ0) is 9.10. The molecule has 0 atom stereocenters. The Morgan fingerprint density at radius 2 is 2.23 bits per heavy atom. The molecule has 1 radical (unpaired) electrons. The van der Waals surface area contributed by atoms with Crippen LogP contribution in [-0.2, 0) is 0 Å². The predicted molar refractivity (Wildman–Crippen MR) is 51.5 cm³/mol. The average molecular weight is 176 g/mol. The van der Waals surface area contributed by atoms with Gasteiger partial charge in [0.05, 0.1) is 12.4 Å². The SMILES string of the molecule is CC1CCN(c2cnc[c]n2)CC1. The normalized spacial score (nSPS) is 19.0. The zero-order valence-electron chi connectivity index (χ0n) is 7.90. The molecule has 0 N–H and O–H groups in total. The molecule has 0 bridgehead atoms. The third-order valence-electron chi connectivity index (χ3n) is 2.61. The summed E-state index contributed by atoms with van der Waals surface area (Å²) in [6.07, 6.45) is 8.69. The van der Waals surface area contributed by atoms with Crippen LogP contribution in [0.15, 0.2) is 12.4 Å². The Balaban J connectivity index is 2.03. The van der Waals surface area contributed by atoms with Crippen molar-refractivity contribution in [3.63, 3.8) is 0 Å². The number of rotatable bonds is 1. The molecule has 69 valence electrons. The van der Waals surface area contributed by atoms with E-state index in [0.717, 1.165) is 24.8 Å². The van der Waals surface area contributed by atoms with E-state index in [4.69, 9.17) is 0 Å². The van der Waals surface area contributed by atoms with Crippen molar-refractivity contribution in [1.29, 1.82) is 0 Å². The highest BCUT2D eigenvalue weighted by molar-refractivity contribution is 5.35. The number of piperidine rings is 1. The van der Waals surface area contributed by atoms with Gasteiger partial charge in [-0.1, -0.05) is 6.92 Å². The topological polar surface area (TPSA) is 29.0 Å². The van der Waals surface area contributed by atoms with Gasteiger partial charge in [-0.05, 0) is 18.8 Å². The molecule has 0 aromatic carbocycles. The molecule has 2 heterocycles. The number of nitrogens with zero attached hydrogens (tertiary/aromatic N) is 3. The first-order valence-corrected chi connectivity index (χ1v) is 4.79. The van der Waals surface area contributed by atoms with E-state index >= 15 is 0 Å². The molecular weight excluding hydrogens is 162 g/mol. The van der Waals surface area contributed by atoms with Gasteiger partial charge in [-0.25, -0.2) is 4.98 Å². The van der Waals surface area contributed by atoms with E-state index in [9.17, 15) is 0 Å². The van der Waals surface area contributed by atoms with Gasteiger partial charge in [-0.2, -0.15) is 0 Å². The molecule has 1 aromatic rings. The molecular formula is C10H14N3. The van der Waals surface area contributed by atoms with Crippen molar-refractivity contribution >= 4 is 5.82 Å². The summed E-state index contributed by atoms with van der Waals surface area (Å²) in [4.78, 5) is 10.5. The van der Waals surface area contributed by atoms with Crippen molar-refractivity contribution in [2.24, 2.45) is 5.92 Å². The van der Waals surface area contributed by atoms with Crippen LogP contribution in [0.2, 0.25) is 0 Å². The van der Waals surface area contributed by atoms with Crippen LogP contribution < -0.4 is 4.90 Å². The molecule has 2 rings (SSSR count). The van der Waals surface area contributed by atoms with Gasteiger partial charge in [0.15, 0.2) is 0 Å². The maximum absolute atomic E-state index is 4.17. The lowest BCUT2D eigenvalue weighted by Crippen LogP contribution is -2.33. The predicted octanol–water partition coefficient (Wildman–Crippen LogP) is 1.51. The molecule has 3 nitrogen and oxygen atoms in total. The van der Waals surface area contributed by atoms with E-state index in [1.54, 1.807) is 6.20 Å². The second-order valence-electron chi connectivity index (χ2n) is 3.68. The fourth-order valence-electron chi connectivity index (χ4n) is 1.65. The van der Waals surface area contributed by atoms with E-state index in [2.05, 4.69) is 28.0 Å². The average Bonchev–Trinajstić information content (AvgIpc) is 2.20. The summed E-state index contributed by atoms with van der Waals surface area (Å²) in [5.41, 5.74) is 0. The molecule has 1 aliphatic heterocycles. The molecule has 1 fully saturated rings. The van der Waals surface area contributed by atoms with E-state index in [1.807, 2.05) is 6.20 Å². The lowest BCUT2D eigenvalue weighted by Gasteiger charge is -2.30. The molecule has 3 heteroatoms. The summed E-state index contributed by atoms with van der Waals surface area (Å²) in [6, 6.07) is 0. The summed E-state index contributed by atoms with van der Waals surface area (Å²) in [5.74, 6) is 1.83. The number of hydrogen-bond acceptors (Lipinski definition) is 3. The van der Waals surface area contributed by atoms with Crippen molar-refractivity contribution in [3.05, 3.63) is 18.6 Å². The second-order valence-corrected chi connectivity index (χ2v) is 3.68. The first-order valence-electron chi connectivity index (χ1n) is 4.79. The molecule has 0 aliphatic carbocycles. The van der Waals surface area contributed by atoms with Gasteiger partial charge >= 0.3 is 0 Å². The van der Waals surface area contributed by atoms with Gasteiger partial charge in [0.25, 0.3) is 0 Å².